The number of hydrogen-bond donors (Lipinski definition) is 0. The minimum absolute atomic E-state index is 0.0265. The van der Waals surface area contributed by atoms with Gasteiger partial charge in [0.15, 0.2) is 5.69 Å². The van der Waals surface area contributed by atoms with Crippen molar-refractivity contribution >= 4 is 28.5 Å². The predicted molar refractivity (Wildman–Crippen MR) is 60.5 cm³/mol. The molecule has 0 aliphatic rings. The van der Waals surface area contributed by atoms with Gasteiger partial charge in [0.05, 0.1) is 12.1 Å². The Kier molecular flexibility index (Phi) is 3.19. The van der Waals surface area contributed by atoms with E-state index >= 15 is 0 Å². The molecular weight excluding hydrogens is 247 g/mol. The lowest BCUT2D eigenvalue weighted by molar-refractivity contribution is 0.0522. The van der Waals surface area contributed by atoms with Crippen molar-refractivity contribution in [1.29, 1.82) is 0 Å². The summed E-state index contributed by atoms with van der Waals surface area (Å²) in [5, 5.41) is 0.208. The van der Waals surface area contributed by atoms with Gasteiger partial charge in [-0.1, -0.05) is 0 Å². The summed E-state index contributed by atoms with van der Waals surface area (Å²) in [5.41, 5.74) is 0.371. The molecule has 1 aromatic heterocycles. The normalized spacial score (nSPS) is 10.5. The Balaban J connectivity index is 2.67. The molecule has 0 radical (unpaired) electrons. The largest absolute Gasteiger partial charge is 0.461 e. The molecule has 0 saturated heterocycles. The lowest BCUT2D eigenvalue weighted by Gasteiger charge is -2.05. The molecular formula is C11H8ClFN2O2. The fourth-order valence-electron chi connectivity index (χ4n) is 1.43. The second kappa shape index (κ2) is 4.63. The van der Waals surface area contributed by atoms with E-state index in [-0.39, 0.29) is 23.0 Å². The van der Waals surface area contributed by atoms with Crippen LogP contribution in [0.15, 0.2) is 18.2 Å². The van der Waals surface area contributed by atoms with Crippen LogP contribution in [0, 0.1) is 5.82 Å². The molecule has 0 saturated carbocycles. The molecule has 0 atom stereocenters. The van der Waals surface area contributed by atoms with Crippen molar-refractivity contribution < 1.29 is 13.9 Å². The average molecular weight is 255 g/mol. The number of fused-ring (bicyclic) bond motifs is 1. The van der Waals surface area contributed by atoms with Crippen LogP contribution in [0.3, 0.4) is 0 Å². The van der Waals surface area contributed by atoms with E-state index in [2.05, 4.69) is 9.97 Å². The maximum atomic E-state index is 13.1. The number of aromatic nitrogens is 2. The zero-order chi connectivity index (χ0) is 12.4. The quantitative estimate of drug-likeness (QED) is 0.611. The number of carbonyl (C=O) groups is 1. The minimum Gasteiger partial charge on any atom is -0.461 e. The first kappa shape index (κ1) is 11.7. The molecule has 0 spiro atoms. The van der Waals surface area contributed by atoms with Gasteiger partial charge in [-0.05, 0) is 36.7 Å². The van der Waals surface area contributed by atoms with E-state index in [9.17, 15) is 9.18 Å². The first-order chi connectivity index (χ1) is 8.11. The first-order valence-electron chi connectivity index (χ1n) is 4.91. The van der Waals surface area contributed by atoms with Gasteiger partial charge in [0.25, 0.3) is 0 Å². The van der Waals surface area contributed by atoms with Crippen LogP contribution < -0.4 is 0 Å². The van der Waals surface area contributed by atoms with Gasteiger partial charge >= 0.3 is 5.97 Å². The first-order valence-corrected chi connectivity index (χ1v) is 5.29. The van der Waals surface area contributed by atoms with Crippen LogP contribution in [0.1, 0.15) is 17.4 Å². The van der Waals surface area contributed by atoms with E-state index in [1.165, 1.54) is 18.2 Å². The van der Waals surface area contributed by atoms with Crippen LogP contribution >= 0.6 is 11.6 Å². The number of benzene rings is 1. The van der Waals surface area contributed by atoms with Gasteiger partial charge in [0, 0.05) is 5.39 Å². The standard InChI is InChI=1S/C11H8ClFN2O2/c1-2-17-10(16)9-7-5-6(13)3-4-8(7)14-11(12)15-9/h3-5H,2H2,1H3. The molecule has 17 heavy (non-hydrogen) atoms. The molecule has 1 heterocycles. The molecule has 0 N–H and O–H groups in total. The number of hydrogen-bond acceptors (Lipinski definition) is 4. The van der Waals surface area contributed by atoms with E-state index < -0.39 is 11.8 Å². The zero-order valence-corrected chi connectivity index (χ0v) is 9.66. The smallest absolute Gasteiger partial charge is 0.357 e. The molecule has 4 nitrogen and oxygen atoms in total. The SMILES string of the molecule is CCOC(=O)c1nc(Cl)nc2ccc(F)cc12. The van der Waals surface area contributed by atoms with E-state index in [0.29, 0.717) is 5.52 Å². The number of esters is 1. The van der Waals surface area contributed by atoms with Crippen LogP contribution in [-0.4, -0.2) is 22.5 Å². The van der Waals surface area contributed by atoms with Crippen LogP contribution in [0.25, 0.3) is 10.9 Å². The summed E-state index contributed by atoms with van der Waals surface area (Å²) < 4.78 is 17.9. The van der Waals surface area contributed by atoms with Crippen molar-refractivity contribution in [3.8, 4) is 0 Å². The highest BCUT2D eigenvalue weighted by Crippen LogP contribution is 2.19. The van der Waals surface area contributed by atoms with Gasteiger partial charge < -0.3 is 4.74 Å². The van der Waals surface area contributed by atoms with Gasteiger partial charge in [0.1, 0.15) is 5.82 Å². The second-order valence-corrected chi connectivity index (χ2v) is 3.56. The lowest BCUT2D eigenvalue weighted by Crippen LogP contribution is -2.09. The molecule has 0 fully saturated rings. The average Bonchev–Trinajstić information content (AvgIpc) is 2.29. The maximum Gasteiger partial charge on any atom is 0.357 e. The topological polar surface area (TPSA) is 52.1 Å². The molecule has 0 unspecified atom stereocenters. The molecule has 6 heteroatoms. The summed E-state index contributed by atoms with van der Waals surface area (Å²) in [6.45, 7) is 1.88. The van der Waals surface area contributed by atoms with Gasteiger partial charge in [-0.3, -0.25) is 0 Å². The zero-order valence-electron chi connectivity index (χ0n) is 8.91. The van der Waals surface area contributed by atoms with Crippen molar-refractivity contribution in [1.82, 2.24) is 9.97 Å². The molecule has 0 aliphatic carbocycles. The van der Waals surface area contributed by atoms with Gasteiger partial charge in [-0.25, -0.2) is 19.2 Å². The van der Waals surface area contributed by atoms with Crippen LogP contribution in [0.5, 0.6) is 0 Å². The molecule has 88 valence electrons. The van der Waals surface area contributed by atoms with Crippen LogP contribution in [0.4, 0.5) is 4.39 Å². The third kappa shape index (κ3) is 2.34. The Morgan fingerprint density at radius 1 is 1.47 bits per heavy atom. The number of ether oxygens (including phenoxy) is 1. The maximum absolute atomic E-state index is 13.1. The van der Waals surface area contributed by atoms with Crippen molar-refractivity contribution in [2.75, 3.05) is 6.61 Å². The third-order valence-electron chi connectivity index (χ3n) is 2.10. The predicted octanol–water partition coefficient (Wildman–Crippen LogP) is 2.60. The van der Waals surface area contributed by atoms with Crippen molar-refractivity contribution in [3.63, 3.8) is 0 Å². The lowest BCUT2D eigenvalue weighted by atomic mass is 10.2. The van der Waals surface area contributed by atoms with Gasteiger partial charge in [-0.2, -0.15) is 0 Å². The number of carbonyl (C=O) groups excluding carboxylic acids is 1. The highest BCUT2D eigenvalue weighted by atomic mass is 35.5. The fraction of sp³-hybridized carbons (Fsp3) is 0.182. The van der Waals surface area contributed by atoms with Gasteiger partial charge in [-0.15, -0.1) is 0 Å². The third-order valence-corrected chi connectivity index (χ3v) is 2.27. The van der Waals surface area contributed by atoms with Crippen molar-refractivity contribution in [2.45, 2.75) is 6.92 Å². The van der Waals surface area contributed by atoms with E-state index in [4.69, 9.17) is 16.3 Å². The Morgan fingerprint density at radius 3 is 2.94 bits per heavy atom. The van der Waals surface area contributed by atoms with Crippen LogP contribution in [0.2, 0.25) is 5.28 Å². The molecule has 0 aliphatic heterocycles. The monoisotopic (exact) mass is 254 g/mol. The van der Waals surface area contributed by atoms with Crippen LogP contribution in [-0.2, 0) is 4.74 Å². The highest BCUT2D eigenvalue weighted by molar-refractivity contribution is 6.29. The Hall–Kier alpha value is -1.75. The minimum atomic E-state index is -0.646. The highest BCUT2D eigenvalue weighted by Gasteiger charge is 2.15. The summed E-state index contributed by atoms with van der Waals surface area (Å²) in [7, 11) is 0. The molecule has 2 aromatic rings. The summed E-state index contributed by atoms with van der Waals surface area (Å²) in [6.07, 6.45) is 0. The second-order valence-electron chi connectivity index (χ2n) is 3.22. The number of rotatable bonds is 2. The Morgan fingerprint density at radius 2 is 2.24 bits per heavy atom. The molecule has 0 bridgehead atoms. The summed E-state index contributed by atoms with van der Waals surface area (Å²) in [4.78, 5) is 19.3. The van der Waals surface area contributed by atoms with Crippen molar-refractivity contribution in [3.05, 3.63) is 35.0 Å². The molecule has 1 aromatic carbocycles. The van der Waals surface area contributed by atoms with E-state index in [1.54, 1.807) is 6.92 Å². The Bertz CT molecular complexity index is 589. The van der Waals surface area contributed by atoms with Gasteiger partial charge in [0.2, 0.25) is 5.28 Å². The summed E-state index contributed by atoms with van der Waals surface area (Å²) in [6, 6.07) is 3.85. The number of halogens is 2. The number of nitrogens with zero attached hydrogens (tertiary/aromatic N) is 2. The molecule has 2 rings (SSSR count). The summed E-state index contributed by atoms with van der Waals surface area (Å²) in [5.74, 6) is -1.12. The Labute approximate surface area is 101 Å². The fourth-order valence-corrected chi connectivity index (χ4v) is 1.60. The van der Waals surface area contributed by atoms with E-state index in [0.717, 1.165) is 0 Å². The molecule has 0 amide bonds. The summed E-state index contributed by atoms with van der Waals surface area (Å²) >= 11 is 5.68. The van der Waals surface area contributed by atoms with E-state index in [1.807, 2.05) is 0 Å². The van der Waals surface area contributed by atoms with Crippen molar-refractivity contribution in [2.24, 2.45) is 0 Å².